The molecule has 2 atom stereocenters. The molecule has 23 heavy (non-hydrogen) atoms. The molecular formula is C17H17FN2O2S. The van der Waals surface area contributed by atoms with E-state index in [9.17, 15) is 14.0 Å². The summed E-state index contributed by atoms with van der Waals surface area (Å²) in [5.74, 6) is -0.872. The summed E-state index contributed by atoms with van der Waals surface area (Å²) in [6.07, 6.45) is 0.217. The number of likely N-dealkylation sites (tertiary alicyclic amines) is 1. The largest absolute Gasteiger partial charge is 0.352 e. The second-order valence-corrected chi connectivity index (χ2v) is 6.60. The Balaban J connectivity index is 1.70. The fourth-order valence-electron chi connectivity index (χ4n) is 2.88. The van der Waals surface area contributed by atoms with Crippen LogP contribution in [0, 0.1) is 11.7 Å². The Morgan fingerprint density at radius 2 is 2.09 bits per heavy atom. The van der Waals surface area contributed by atoms with Gasteiger partial charge < -0.3 is 10.2 Å². The average Bonchev–Trinajstić information content (AvgIpc) is 3.15. The van der Waals surface area contributed by atoms with E-state index in [1.165, 1.54) is 12.1 Å². The average molecular weight is 332 g/mol. The van der Waals surface area contributed by atoms with E-state index in [2.05, 4.69) is 5.32 Å². The van der Waals surface area contributed by atoms with Crippen molar-refractivity contribution in [2.45, 2.75) is 19.0 Å². The highest BCUT2D eigenvalue weighted by Gasteiger charge is 2.43. The second-order valence-electron chi connectivity index (χ2n) is 5.62. The van der Waals surface area contributed by atoms with Crippen molar-refractivity contribution < 1.29 is 14.0 Å². The van der Waals surface area contributed by atoms with E-state index < -0.39 is 5.92 Å². The maximum absolute atomic E-state index is 12.9. The normalized spacial score (nSPS) is 20.8. The molecule has 1 aliphatic rings. The van der Waals surface area contributed by atoms with Gasteiger partial charge in [0.15, 0.2) is 0 Å². The maximum Gasteiger partial charge on any atom is 0.226 e. The first kappa shape index (κ1) is 15.7. The number of amides is 2. The first-order chi connectivity index (χ1) is 11.1. The van der Waals surface area contributed by atoms with E-state index in [1.807, 2.05) is 17.5 Å². The third kappa shape index (κ3) is 3.27. The Morgan fingerprint density at radius 1 is 1.35 bits per heavy atom. The van der Waals surface area contributed by atoms with Crippen LogP contribution in [0.15, 0.2) is 41.8 Å². The molecule has 2 amide bonds. The zero-order valence-electron chi connectivity index (χ0n) is 12.7. The minimum atomic E-state index is -0.397. The van der Waals surface area contributed by atoms with Gasteiger partial charge in [0.2, 0.25) is 11.8 Å². The molecule has 1 aromatic carbocycles. The van der Waals surface area contributed by atoms with E-state index in [-0.39, 0.29) is 30.1 Å². The number of benzene rings is 1. The zero-order valence-corrected chi connectivity index (χ0v) is 13.5. The van der Waals surface area contributed by atoms with Gasteiger partial charge in [0.1, 0.15) is 5.82 Å². The molecule has 1 N–H and O–H groups in total. The lowest BCUT2D eigenvalue weighted by Crippen LogP contribution is -2.33. The summed E-state index contributed by atoms with van der Waals surface area (Å²) in [5.41, 5.74) is 0.824. The van der Waals surface area contributed by atoms with Crippen LogP contribution in [0.4, 0.5) is 4.39 Å². The third-order valence-electron chi connectivity index (χ3n) is 4.14. The van der Waals surface area contributed by atoms with Gasteiger partial charge in [0.25, 0.3) is 0 Å². The molecule has 0 aliphatic carbocycles. The predicted molar refractivity (Wildman–Crippen MR) is 86.2 cm³/mol. The van der Waals surface area contributed by atoms with Gasteiger partial charge in [-0.25, -0.2) is 4.39 Å². The van der Waals surface area contributed by atoms with Crippen molar-refractivity contribution in [2.24, 2.45) is 5.92 Å². The number of hydrogen-bond donors (Lipinski definition) is 1. The van der Waals surface area contributed by atoms with Crippen LogP contribution in [0.5, 0.6) is 0 Å². The van der Waals surface area contributed by atoms with Gasteiger partial charge >= 0.3 is 0 Å². The van der Waals surface area contributed by atoms with E-state index >= 15 is 0 Å². The first-order valence-electron chi connectivity index (χ1n) is 7.37. The number of halogens is 1. The molecule has 1 saturated heterocycles. The lowest BCUT2D eigenvalue weighted by Gasteiger charge is -2.23. The van der Waals surface area contributed by atoms with E-state index in [0.717, 1.165) is 10.4 Å². The maximum atomic E-state index is 12.9. The van der Waals surface area contributed by atoms with Crippen LogP contribution in [0.1, 0.15) is 22.9 Å². The molecule has 1 fully saturated rings. The number of carbonyl (C=O) groups excluding carboxylic acids is 2. The van der Waals surface area contributed by atoms with Gasteiger partial charge in [-0.05, 0) is 29.1 Å². The van der Waals surface area contributed by atoms with Crippen LogP contribution in [-0.2, 0) is 16.1 Å². The van der Waals surface area contributed by atoms with Crippen LogP contribution < -0.4 is 5.32 Å². The molecule has 0 bridgehead atoms. The number of nitrogens with one attached hydrogen (secondary N) is 1. The van der Waals surface area contributed by atoms with E-state index in [0.29, 0.717) is 6.54 Å². The van der Waals surface area contributed by atoms with Crippen molar-refractivity contribution in [1.82, 2.24) is 10.2 Å². The minimum absolute atomic E-state index is 0.0228. The topological polar surface area (TPSA) is 49.4 Å². The van der Waals surface area contributed by atoms with Crippen LogP contribution in [0.3, 0.4) is 0 Å². The molecule has 2 heterocycles. The van der Waals surface area contributed by atoms with Crippen molar-refractivity contribution in [1.29, 1.82) is 0 Å². The second kappa shape index (κ2) is 6.50. The lowest BCUT2D eigenvalue weighted by molar-refractivity contribution is -0.128. The van der Waals surface area contributed by atoms with Gasteiger partial charge in [0.05, 0.1) is 12.0 Å². The molecule has 2 aromatic rings. The molecule has 3 rings (SSSR count). The highest BCUT2D eigenvalue weighted by Crippen LogP contribution is 2.39. The quantitative estimate of drug-likeness (QED) is 0.936. The molecule has 120 valence electrons. The fourth-order valence-corrected chi connectivity index (χ4v) is 3.81. The molecule has 1 aliphatic heterocycles. The van der Waals surface area contributed by atoms with Gasteiger partial charge in [-0.3, -0.25) is 9.59 Å². The summed E-state index contributed by atoms with van der Waals surface area (Å²) >= 11 is 1.55. The van der Waals surface area contributed by atoms with Crippen LogP contribution >= 0.6 is 11.3 Å². The Hall–Kier alpha value is -2.21. The fraction of sp³-hybridized carbons (Fsp3) is 0.294. The summed E-state index contributed by atoms with van der Waals surface area (Å²) in [5, 5.41) is 4.80. The smallest absolute Gasteiger partial charge is 0.226 e. The Labute approximate surface area is 137 Å². The van der Waals surface area contributed by atoms with Crippen molar-refractivity contribution in [2.75, 3.05) is 7.05 Å². The number of rotatable bonds is 4. The number of hydrogen-bond acceptors (Lipinski definition) is 3. The van der Waals surface area contributed by atoms with Gasteiger partial charge in [-0.15, -0.1) is 11.3 Å². The monoisotopic (exact) mass is 332 g/mol. The van der Waals surface area contributed by atoms with Crippen LogP contribution in [-0.4, -0.2) is 23.8 Å². The molecular weight excluding hydrogens is 315 g/mol. The minimum Gasteiger partial charge on any atom is -0.352 e. The molecule has 0 unspecified atom stereocenters. The molecule has 1 aromatic heterocycles. The molecule has 0 radical (unpaired) electrons. The Kier molecular flexibility index (Phi) is 4.43. The van der Waals surface area contributed by atoms with Crippen LogP contribution in [0.25, 0.3) is 0 Å². The summed E-state index contributed by atoms with van der Waals surface area (Å²) in [6, 6.07) is 9.66. The van der Waals surface area contributed by atoms with Gasteiger partial charge in [-0.2, -0.15) is 0 Å². The standard InChI is InChI=1S/C17H17FN2O2S/c1-20-15(21)9-13(16(20)14-3-2-8-23-14)17(22)19-10-11-4-6-12(18)7-5-11/h2-8,13,16H,9-10H2,1H3,(H,19,22)/t13-,16-/m1/s1. The molecule has 0 spiro atoms. The summed E-state index contributed by atoms with van der Waals surface area (Å²) in [6.45, 7) is 0.324. The highest BCUT2D eigenvalue weighted by molar-refractivity contribution is 7.10. The van der Waals surface area contributed by atoms with Gasteiger partial charge in [0, 0.05) is 24.9 Å². The third-order valence-corrected chi connectivity index (χ3v) is 5.08. The van der Waals surface area contributed by atoms with Crippen LogP contribution in [0.2, 0.25) is 0 Å². The molecule has 0 saturated carbocycles. The number of carbonyl (C=O) groups is 2. The summed E-state index contributed by atoms with van der Waals surface area (Å²) in [7, 11) is 1.74. The Bertz CT molecular complexity index is 700. The molecule has 4 nitrogen and oxygen atoms in total. The number of thiophene rings is 1. The van der Waals surface area contributed by atoms with Crippen molar-refractivity contribution in [3.8, 4) is 0 Å². The van der Waals surface area contributed by atoms with Crippen molar-refractivity contribution in [3.05, 3.63) is 58.0 Å². The Morgan fingerprint density at radius 3 is 2.74 bits per heavy atom. The first-order valence-corrected chi connectivity index (χ1v) is 8.25. The highest BCUT2D eigenvalue weighted by atomic mass is 32.1. The van der Waals surface area contributed by atoms with Crippen molar-refractivity contribution >= 4 is 23.2 Å². The summed E-state index contributed by atoms with van der Waals surface area (Å²) < 4.78 is 12.9. The lowest BCUT2D eigenvalue weighted by atomic mass is 9.98. The summed E-state index contributed by atoms with van der Waals surface area (Å²) in [4.78, 5) is 27.2. The molecule has 6 heteroatoms. The van der Waals surface area contributed by atoms with E-state index in [4.69, 9.17) is 0 Å². The SMILES string of the molecule is CN1C(=O)C[C@@H](C(=O)NCc2ccc(F)cc2)[C@@H]1c1cccs1. The zero-order chi connectivity index (χ0) is 16.4. The van der Waals surface area contributed by atoms with Gasteiger partial charge in [-0.1, -0.05) is 18.2 Å². The van der Waals surface area contributed by atoms with Crippen molar-refractivity contribution in [3.63, 3.8) is 0 Å². The predicted octanol–water partition coefficient (Wildman–Crippen LogP) is 2.72. The number of nitrogens with zero attached hydrogens (tertiary/aromatic N) is 1. The van der Waals surface area contributed by atoms with E-state index in [1.54, 1.807) is 35.4 Å².